The molecule has 2 fully saturated rings. The van der Waals surface area contributed by atoms with Gasteiger partial charge in [0, 0.05) is 57.0 Å². The van der Waals surface area contributed by atoms with Gasteiger partial charge in [0.05, 0.1) is 6.61 Å². The normalized spacial score (nSPS) is 19.1. The maximum Gasteiger partial charge on any atom is 0.490 e. The number of benzene rings is 1. The van der Waals surface area contributed by atoms with E-state index in [1.807, 2.05) is 11.8 Å². The molecule has 0 aliphatic carbocycles. The molecular weight excluding hydrogens is 491 g/mol. The molecule has 11 heteroatoms. The number of halogens is 3. The van der Waals surface area contributed by atoms with Gasteiger partial charge >= 0.3 is 12.1 Å². The molecule has 2 heterocycles. The van der Waals surface area contributed by atoms with Crippen molar-refractivity contribution in [1.82, 2.24) is 14.7 Å². The van der Waals surface area contributed by atoms with Gasteiger partial charge in [-0.1, -0.05) is 6.92 Å². The van der Waals surface area contributed by atoms with E-state index in [4.69, 9.17) is 14.6 Å². The number of aliphatic carboxylic acids is 1. The van der Waals surface area contributed by atoms with Crippen LogP contribution in [0.25, 0.3) is 0 Å². The fourth-order valence-electron chi connectivity index (χ4n) is 4.72. The predicted octanol–water partition coefficient (Wildman–Crippen LogP) is 3.76. The maximum absolute atomic E-state index is 12.9. The van der Waals surface area contributed by atoms with E-state index in [1.165, 1.54) is 25.9 Å². The molecule has 1 N–H and O–H groups in total. The zero-order chi connectivity index (χ0) is 27.6. The molecule has 2 amide bonds. The number of methoxy groups -OCH3 is 1. The zero-order valence-electron chi connectivity index (χ0n) is 21.8. The Kier molecular flexibility index (Phi) is 11.8. The Hall–Kier alpha value is -2.66. The second-order valence-corrected chi connectivity index (χ2v) is 9.52. The lowest BCUT2D eigenvalue weighted by Crippen LogP contribution is -2.49. The largest absolute Gasteiger partial charge is 0.490 e. The van der Waals surface area contributed by atoms with E-state index in [0.717, 1.165) is 31.8 Å². The minimum Gasteiger partial charge on any atom is -0.475 e. The number of ether oxygens (including phenoxy) is 1. The van der Waals surface area contributed by atoms with E-state index in [2.05, 4.69) is 11.8 Å². The van der Waals surface area contributed by atoms with Crippen LogP contribution in [0.1, 0.15) is 60.2 Å². The quantitative estimate of drug-likeness (QED) is 0.579. The molecule has 0 saturated carbocycles. The van der Waals surface area contributed by atoms with Crippen LogP contribution in [0, 0.1) is 5.92 Å². The van der Waals surface area contributed by atoms with Crippen molar-refractivity contribution in [2.45, 2.75) is 51.7 Å². The van der Waals surface area contributed by atoms with Gasteiger partial charge in [0.25, 0.3) is 11.8 Å². The Labute approximate surface area is 216 Å². The van der Waals surface area contributed by atoms with Crippen LogP contribution < -0.4 is 0 Å². The highest BCUT2D eigenvalue weighted by atomic mass is 19.4. The van der Waals surface area contributed by atoms with Crippen LogP contribution in [0.4, 0.5) is 13.2 Å². The summed E-state index contributed by atoms with van der Waals surface area (Å²) in [5.41, 5.74) is 1.28. The molecule has 37 heavy (non-hydrogen) atoms. The smallest absolute Gasteiger partial charge is 0.475 e. The summed E-state index contributed by atoms with van der Waals surface area (Å²) in [5.74, 6) is -1.92. The molecule has 0 aromatic heterocycles. The number of alkyl halides is 3. The molecule has 1 atom stereocenters. The van der Waals surface area contributed by atoms with Crippen molar-refractivity contribution >= 4 is 17.8 Å². The Morgan fingerprint density at radius 2 is 1.62 bits per heavy atom. The zero-order valence-corrected chi connectivity index (χ0v) is 21.8. The minimum atomic E-state index is -5.08. The van der Waals surface area contributed by atoms with Crippen molar-refractivity contribution in [2.75, 3.05) is 53.0 Å². The number of hydrogen-bond donors (Lipinski definition) is 1. The van der Waals surface area contributed by atoms with E-state index >= 15 is 0 Å². The van der Waals surface area contributed by atoms with Crippen molar-refractivity contribution in [3.05, 3.63) is 35.4 Å². The number of hydrogen-bond acceptors (Lipinski definition) is 5. The molecule has 0 radical (unpaired) electrons. The lowest BCUT2D eigenvalue weighted by atomic mass is 9.95. The second kappa shape index (κ2) is 14.3. The number of rotatable bonds is 7. The number of likely N-dealkylation sites (tertiary alicyclic amines) is 2. The lowest BCUT2D eigenvalue weighted by molar-refractivity contribution is -0.192. The molecule has 208 valence electrons. The molecule has 2 aliphatic rings. The molecule has 3 rings (SSSR count). The highest BCUT2D eigenvalue weighted by Crippen LogP contribution is 2.24. The van der Waals surface area contributed by atoms with E-state index in [0.29, 0.717) is 36.9 Å². The van der Waals surface area contributed by atoms with Gasteiger partial charge in [-0.25, -0.2) is 4.79 Å². The van der Waals surface area contributed by atoms with Gasteiger partial charge in [0.1, 0.15) is 0 Å². The second-order valence-electron chi connectivity index (χ2n) is 9.52. The van der Waals surface area contributed by atoms with Gasteiger partial charge in [-0.2, -0.15) is 13.2 Å². The topological polar surface area (TPSA) is 90.4 Å². The first-order valence-electron chi connectivity index (χ1n) is 12.7. The monoisotopic (exact) mass is 529 g/mol. The van der Waals surface area contributed by atoms with Crippen molar-refractivity contribution < 1.29 is 37.4 Å². The molecular formula is C26H38F3N3O5. The maximum atomic E-state index is 12.9. The van der Waals surface area contributed by atoms with Crippen molar-refractivity contribution in [1.29, 1.82) is 0 Å². The number of carboxylic acids is 1. The first-order chi connectivity index (χ1) is 17.5. The third kappa shape index (κ3) is 9.30. The number of amides is 2. The summed E-state index contributed by atoms with van der Waals surface area (Å²) in [6, 6.07) is 7.74. The average Bonchev–Trinajstić information content (AvgIpc) is 2.88. The van der Waals surface area contributed by atoms with E-state index in [-0.39, 0.29) is 11.8 Å². The molecule has 8 nitrogen and oxygen atoms in total. The van der Waals surface area contributed by atoms with Gasteiger partial charge in [-0.05, 0) is 69.3 Å². The molecule has 0 bridgehead atoms. The van der Waals surface area contributed by atoms with Crippen molar-refractivity contribution in [3.63, 3.8) is 0 Å². The summed E-state index contributed by atoms with van der Waals surface area (Å²) in [7, 11) is 1.63. The van der Waals surface area contributed by atoms with Crippen molar-refractivity contribution in [2.24, 2.45) is 5.92 Å². The van der Waals surface area contributed by atoms with Crippen LogP contribution in [-0.4, -0.2) is 103 Å². The van der Waals surface area contributed by atoms with Crippen LogP contribution in [0.5, 0.6) is 0 Å². The van der Waals surface area contributed by atoms with Gasteiger partial charge in [0.2, 0.25) is 0 Å². The van der Waals surface area contributed by atoms with Gasteiger partial charge in [-0.3, -0.25) is 14.5 Å². The SMILES string of the molecule is CCN(CCOC)C(=O)c1ccc(C(=O)N2CCC(N3CCCC(C)C3)CC2)cc1.O=C(O)C(F)(F)F. The Balaban J connectivity index is 0.000000604. The summed E-state index contributed by atoms with van der Waals surface area (Å²) >= 11 is 0. The Morgan fingerprint density at radius 3 is 2.11 bits per heavy atom. The van der Waals surface area contributed by atoms with Gasteiger partial charge in [-0.15, -0.1) is 0 Å². The lowest BCUT2D eigenvalue weighted by Gasteiger charge is -2.41. The van der Waals surface area contributed by atoms with Gasteiger partial charge in [0.15, 0.2) is 0 Å². The molecule has 2 saturated heterocycles. The third-order valence-corrected chi connectivity index (χ3v) is 6.81. The van der Waals surface area contributed by atoms with E-state index in [1.54, 1.807) is 36.3 Å². The summed E-state index contributed by atoms with van der Waals surface area (Å²) in [4.78, 5) is 40.9. The summed E-state index contributed by atoms with van der Waals surface area (Å²) < 4.78 is 36.8. The van der Waals surface area contributed by atoms with E-state index in [9.17, 15) is 22.8 Å². The molecule has 2 aliphatic heterocycles. The molecule has 1 aromatic rings. The fraction of sp³-hybridized carbons (Fsp3) is 0.654. The van der Waals surface area contributed by atoms with Crippen molar-refractivity contribution in [3.8, 4) is 0 Å². The molecule has 0 spiro atoms. The van der Waals surface area contributed by atoms with Crippen LogP contribution >= 0.6 is 0 Å². The molecule has 1 aromatic carbocycles. The Morgan fingerprint density at radius 1 is 1.05 bits per heavy atom. The number of carboxylic acid groups (broad SMARTS) is 1. The Bertz CT molecular complexity index is 886. The average molecular weight is 530 g/mol. The first kappa shape index (κ1) is 30.6. The summed E-state index contributed by atoms with van der Waals surface area (Å²) in [6.45, 7) is 10.1. The standard InChI is InChI=1S/C24H37N3O3.C2HF3O2/c1-4-25(16-17-30-3)23(28)20-7-9-21(10-8-20)24(29)26-14-11-22(12-15-26)27-13-5-6-19(2)18-27;3-2(4,5)1(6)7/h7-10,19,22H,4-6,11-18H2,1-3H3;(H,6,7). The fourth-order valence-corrected chi connectivity index (χ4v) is 4.72. The highest BCUT2D eigenvalue weighted by molar-refractivity contribution is 5.97. The summed E-state index contributed by atoms with van der Waals surface area (Å²) in [6.07, 6.45) is -0.332. The number of nitrogens with zero attached hydrogens (tertiary/aromatic N) is 3. The molecule has 1 unspecified atom stereocenters. The first-order valence-corrected chi connectivity index (χ1v) is 12.7. The number of carbonyl (C=O) groups excluding carboxylic acids is 2. The minimum absolute atomic E-state index is 0.0230. The highest BCUT2D eigenvalue weighted by Gasteiger charge is 2.38. The number of piperidine rings is 2. The van der Waals surface area contributed by atoms with Crippen LogP contribution in [0.15, 0.2) is 24.3 Å². The third-order valence-electron chi connectivity index (χ3n) is 6.81. The summed E-state index contributed by atoms with van der Waals surface area (Å²) in [5, 5.41) is 7.12. The van der Waals surface area contributed by atoms with Crippen LogP contribution in [0.3, 0.4) is 0 Å². The van der Waals surface area contributed by atoms with Crippen LogP contribution in [-0.2, 0) is 9.53 Å². The van der Waals surface area contributed by atoms with E-state index < -0.39 is 12.1 Å². The predicted molar refractivity (Wildman–Crippen MR) is 132 cm³/mol. The van der Waals surface area contributed by atoms with Crippen LogP contribution in [0.2, 0.25) is 0 Å². The number of likely N-dealkylation sites (N-methyl/N-ethyl adjacent to an activating group) is 1. The number of carbonyl (C=O) groups is 3. The van der Waals surface area contributed by atoms with Gasteiger partial charge < -0.3 is 19.6 Å².